The Morgan fingerprint density at radius 3 is 2.45 bits per heavy atom. The van der Waals surface area contributed by atoms with Crippen LogP contribution in [0.15, 0.2) is 24.3 Å². The summed E-state index contributed by atoms with van der Waals surface area (Å²) in [5.74, 6) is -1.53. The van der Waals surface area contributed by atoms with Crippen LogP contribution in [0.4, 0.5) is 10.5 Å². The van der Waals surface area contributed by atoms with Crippen LogP contribution in [0.2, 0.25) is 0 Å². The Morgan fingerprint density at radius 2 is 2.00 bits per heavy atom. The number of nitrogens with zero attached hydrogens (tertiary/aromatic N) is 1. The van der Waals surface area contributed by atoms with Gasteiger partial charge in [0.05, 0.1) is 0 Å². The first kappa shape index (κ1) is 15.8. The van der Waals surface area contributed by atoms with Crippen molar-refractivity contribution >= 4 is 23.6 Å². The van der Waals surface area contributed by atoms with E-state index in [1.807, 2.05) is 0 Å². The number of benzene rings is 1. The molecule has 1 unspecified atom stereocenters. The third-order valence-electron chi connectivity index (χ3n) is 3.87. The molecular formula is C15H19N3O4. The molecule has 3 amide bonds. The molecule has 1 aromatic carbocycles. The largest absolute Gasteiger partial charge is 0.480 e. The predicted molar refractivity (Wildman–Crippen MR) is 81.0 cm³/mol. The molecular weight excluding hydrogens is 286 g/mol. The Bertz CT molecular complexity index is 599. The molecule has 1 aliphatic heterocycles. The molecule has 1 saturated heterocycles. The van der Waals surface area contributed by atoms with Gasteiger partial charge in [0.1, 0.15) is 5.54 Å². The van der Waals surface area contributed by atoms with Gasteiger partial charge in [0.15, 0.2) is 0 Å². The molecule has 118 valence electrons. The van der Waals surface area contributed by atoms with Crippen molar-refractivity contribution in [3.8, 4) is 0 Å². The minimum Gasteiger partial charge on any atom is -0.480 e. The van der Waals surface area contributed by atoms with Crippen molar-refractivity contribution in [2.45, 2.75) is 25.8 Å². The van der Waals surface area contributed by atoms with Crippen LogP contribution >= 0.6 is 0 Å². The summed E-state index contributed by atoms with van der Waals surface area (Å²) in [5, 5.41) is 14.4. The minimum atomic E-state index is -1.30. The number of nitrogens with one attached hydrogen (secondary N) is 2. The van der Waals surface area contributed by atoms with Crippen LogP contribution in [0, 0.1) is 0 Å². The fraction of sp³-hybridized carbons (Fsp3) is 0.400. The van der Waals surface area contributed by atoms with E-state index < -0.39 is 17.4 Å². The second-order valence-electron chi connectivity index (χ2n) is 5.38. The van der Waals surface area contributed by atoms with Gasteiger partial charge in [-0.25, -0.2) is 9.59 Å². The minimum absolute atomic E-state index is 0.165. The Hall–Kier alpha value is -2.57. The van der Waals surface area contributed by atoms with Crippen LogP contribution in [0.1, 0.15) is 30.6 Å². The van der Waals surface area contributed by atoms with Crippen molar-refractivity contribution in [1.29, 1.82) is 0 Å². The van der Waals surface area contributed by atoms with E-state index in [-0.39, 0.29) is 12.5 Å². The van der Waals surface area contributed by atoms with Crippen LogP contribution in [0.5, 0.6) is 0 Å². The molecule has 1 fully saturated rings. The Morgan fingerprint density at radius 1 is 1.36 bits per heavy atom. The molecule has 0 bridgehead atoms. The van der Waals surface area contributed by atoms with Gasteiger partial charge in [0.2, 0.25) is 0 Å². The van der Waals surface area contributed by atoms with E-state index in [9.17, 15) is 19.5 Å². The maximum absolute atomic E-state index is 12.2. The van der Waals surface area contributed by atoms with Gasteiger partial charge in [-0.05, 0) is 37.6 Å². The van der Waals surface area contributed by atoms with Crippen molar-refractivity contribution in [2.75, 3.05) is 18.0 Å². The lowest BCUT2D eigenvalue weighted by molar-refractivity contribution is -0.143. The van der Waals surface area contributed by atoms with E-state index in [0.29, 0.717) is 24.3 Å². The number of hydrogen-bond donors (Lipinski definition) is 3. The Labute approximate surface area is 128 Å². The normalized spacial score (nSPS) is 16.8. The second-order valence-corrected chi connectivity index (χ2v) is 5.38. The fourth-order valence-electron chi connectivity index (χ4n) is 2.13. The van der Waals surface area contributed by atoms with E-state index in [4.69, 9.17) is 0 Å². The van der Waals surface area contributed by atoms with Gasteiger partial charge in [-0.3, -0.25) is 9.69 Å². The van der Waals surface area contributed by atoms with Crippen molar-refractivity contribution in [3.63, 3.8) is 0 Å². The molecule has 3 N–H and O–H groups in total. The Kier molecular flexibility index (Phi) is 4.35. The van der Waals surface area contributed by atoms with Gasteiger partial charge in [-0.15, -0.1) is 0 Å². The molecule has 0 spiro atoms. The third kappa shape index (κ3) is 3.03. The van der Waals surface area contributed by atoms with Crippen molar-refractivity contribution in [2.24, 2.45) is 0 Å². The summed E-state index contributed by atoms with van der Waals surface area (Å²) in [7, 11) is 0. The van der Waals surface area contributed by atoms with E-state index in [2.05, 4.69) is 10.6 Å². The molecule has 0 radical (unpaired) electrons. The smallest absolute Gasteiger partial charge is 0.329 e. The maximum atomic E-state index is 12.2. The first-order valence-corrected chi connectivity index (χ1v) is 7.09. The lowest BCUT2D eigenvalue weighted by atomic mass is 9.98. The highest BCUT2D eigenvalue weighted by Crippen LogP contribution is 2.18. The summed E-state index contributed by atoms with van der Waals surface area (Å²) in [5.41, 5.74) is -0.253. The number of urea groups is 1. The zero-order chi connectivity index (χ0) is 16.3. The van der Waals surface area contributed by atoms with Crippen LogP contribution in [0.25, 0.3) is 0 Å². The van der Waals surface area contributed by atoms with Crippen LogP contribution in [-0.4, -0.2) is 41.6 Å². The number of carbonyl (C=O) groups excluding carboxylic acids is 2. The van der Waals surface area contributed by atoms with Crippen molar-refractivity contribution in [3.05, 3.63) is 29.8 Å². The number of amides is 3. The number of hydrogen-bond acceptors (Lipinski definition) is 3. The van der Waals surface area contributed by atoms with E-state index in [1.165, 1.54) is 6.92 Å². The SMILES string of the molecule is CCC(C)(NC(=O)c1ccc(N2CCNC2=O)cc1)C(=O)O. The zero-order valence-electron chi connectivity index (χ0n) is 12.5. The molecule has 2 rings (SSSR count). The topological polar surface area (TPSA) is 98.7 Å². The molecule has 0 aromatic heterocycles. The lowest BCUT2D eigenvalue weighted by Crippen LogP contribution is -2.51. The Balaban J connectivity index is 2.11. The number of carbonyl (C=O) groups is 3. The van der Waals surface area contributed by atoms with E-state index in [1.54, 1.807) is 36.1 Å². The molecule has 7 nitrogen and oxygen atoms in total. The first-order chi connectivity index (χ1) is 10.4. The van der Waals surface area contributed by atoms with Crippen LogP contribution in [-0.2, 0) is 4.79 Å². The molecule has 0 saturated carbocycles. The summed E-state index contributed by atoms with van der Waals surface area (Å²) < 4.78 is 0. The van der Waals surface area contributed by atoms with Crippen LogP contribution in [0.3, 0.4) is 0 Å². The number of carboxylic acids is 1. The zero-order valence-corrected chi connectivity index (χ0v) is 12.5. The van der Waals surface area contributed by atoms with E-state index >= 15 is 0 Å². The average Bonchev–Trinajstić information content (AvgIpc) is 2.93. The molecule has 1 aromatic rings. The highest BCUT2D eigenvalue weighted by Gasteiger charge is 2.33. The summed E-state index contributed by atoms with van der Waals surface area (Å²) in [6, 6.07) is 6.33. The number of rotatable bonds is 5. The molecule has 1 aliphatic rings. The number of carboxylic acid groups (broad SMARTS) is 1. The van der Waals surface area contributed by atoms with Crippen molar-refractivity contribution < 1.29 is 19.5 Å². The van der Waals surface area contributed by atoms with Gasteiger partial charge in [-0.1, -0.05) is 6.92 Å². The second kappa shape index (κ2) is 6.05. The highest BCUT2D eigenvalue weighted by molar-refractivity contribution is 5.99. The summed E-state index contributed by atoms with van der Waals surface area (Å²) >= 11 is 0. The van der Waals surface area contributed by atoms with Crippen molar-refractivity contribution in [1.82, 2.24) is 10.6 Å². The first-order valence-electron chi connectivity index (χ1n) is 7.09. The monoisotopic (exact) mass is 305 g/mol. The van der Waals surface area contributed by atoms with Gasteiger partial charge in [-0.2, -0.15) is 0 Å². The molecule has 7 heteroatoms. The molecule has 0 aliphatic carbocycles. The average molecular weight is 305 g/mol. The lowest BCUT2D eigenvalue weighted by Gasteiger charge is -2.24. The predicted octanol–water partition coefficient (Wildman–Crippen LogP) is 1.20. The fourth-order valence-corrected chi connectivity index (χ4v) is 2.13. The standard InChI is InChI=1S/C15H19N3O4/c1-3-15(2,13(20)21)17-12(19)10-4-6-11(7-5-10)18-9-8-16-14(18)22/h4-7H,3,8-9H2,1-2H3,(H,16,22)(H,17,19)(H,20,21). The van der Waals surface area contributed by atoms with E-state index in [0.717, 1.165) is 0 Å². The quantitative estimate of drug-likeness (QED) is 0.761. The summed E-state index contributed by atoms with van der Waals surface area (Å²) in [6.45, 7) is 4.34. The van der Waals surface area contributed by atoms with Crippen LogP contribution < -0.4 is 15.5 Å². The van der Waals surface area contributed by atoms with Gasteiger partial charge < -0.3 is 15.7 Å². The van der Waals surface area contributed by atoms with Gasteiger partial charge in [0, 0.05) is 24.3 Å². The number of anilines is 1. The van der Waals surface area contributed by atoms with Gasteiger partial charge >= 0.3 is 12.0 Å². The third-order valence-corrected chi connectivity index (χ3v) is 3.87. The number of aliphatic carboxylic acids is 1. The van der Waals surface area contributed by atoms with Gasteiger partial charge in [0.25, 0.3) is 5.91 Å². The molecule has 1 atom stereocenters. The maximum Gasteiger partial charge on any atom is 0.329 e. The summed E-state index contributed by atoms with van der Waals surface area (Å²) in [4.78, 5) is 36.5. The highest BCUT2D eigenvalue weighted by atomic mass is 16.4. The summed E-state index contributed by atoms with van der Waals surface area (Å²) in [6.07, 6.45) is 0.278. The molecule has 22 heavy (non-hydrogen) atoms. The molecule has 1 heterocycles.